The maximum atomic E-state index is 12.4. The summed E-state index contributed by atoms with van der Waals surface area (Å²) in [6.45, 7) is 6.66. The van der Waals surface area contributed by atoms with Gasteiger partial charge >= 0.3 is 12.0 Å². The minimum Gasteiger partial charge on any atom is -0.481 e. The molecule has 4 atom stereocenters. The van der Waals surface area contributed by atoms with Crippen molar-refractivity contribution in [2.24, 2.45) is 5.41 Å². The number of morpholine rings is 1. The minimum absolute atomic E-state index is 0.0173. The first-order valence-electron chi connectivity index (χ1n) is 7.26. The third kappa shape index (κ3) is 2.75. The van der Waals surface area contributed by atoms with Crippen LogP contribution in [0.4, 0.5) is 4.79 Å². The van der Waals surface area contributed by atoms with Gasteiger partial charge in [-0.2, -0.15) is 0 Å². The van der Waals surface area contributed by atoms with Crippen LogP contribution in [0.1, 0.15) is 40.0 Å². The van der Waals surface area contributed by atoms with Crippen molar-refractivity contribution >= 4 is 12.0 Å². The van der Waals surface area contributed by atoms with Crippen LogP contribution in [0, 0.1) is 5.41 Å². The Bertz CT molecular complexity index is 401. The third-order valence-corrected chi connectivity index (χ3v) is 4.61. The quantitative estimate of drug-likeness (QED) is 0.804. The Morgan fingerprint density at radius 1 is 1.40 bits per heavy atom. The summed E-state index contributed by atoms with van der Waals surface area (Å²) < 4.78 is 5.50. The zero-order valence-corrected chi connectivity index (χ0v) is 12.4. The third-order valence-electron chi connectivity index (χ3n) is 4.61. The summed E-state index contributed by atoms with van der Waals surface area (Å²) in [6.07, 6.45) is 2.19. The molecule has 1 saturated carbocycles. The highest BCUT2D eigenvalue weighted by Crippen LogP contribution is 2.38. The van der Waals surface area contributed by atoms with Crippen molar-refractivity contribution in [3.63, 3.8) is 0 Å². The van der Waals surface area contributed by atoms with Gasteiger partial charge in [-0.1, -0.05) is 6.42 Å². The number of hydrogen-bond acceptors (Lipinski definition) is 3. The molecule has 114 valence electrons. The second kappa shape index (κ2) is 5.60. The molecule has 2 fully saturated rings. The molecule has 2 N–H and O–H groups in total. The van der Waals surface area contributed by atoms with Crippen LogP contribution in [-0.4, -0.2) is 53.3 Å². The fourth-order valence-corrected chi connectivity index (χ4v) is 3.07. The van der Waals surface area contributed by atoms with E-state index in [1.165, 1.54) is 0 Å². The first-order valence-corrected chi connectivity index (χ1v) is 7.26. The van der Waals surface area contributed by atoms with Gasteiger partial charge in [0.2, 0.25) is 0 Å². The van der Waals surface area contributed by atoms with Crippen LogP contribution < -0.4 is 5.32 Å². The summed E-state index contributed by atoms with van der Waals surface area (Å²) in [6, 6.07) is -0.450. The van der Waals surface area contributed by atoms with E-state index in [0.29, 0.717) is 19.6 Å². The van der Waals surface area contributed by atoms with Crippen LogP contribution >= 0.6 is 0 Å². The highest BCUT2D eigenvalue weighted by molar-refractivity contribution is 5.79. The predicted molar refractivity (Wildman–Crippen MR) is 73.5 cm³/mol. The molecule has 0 aromatic carbocycles. The van der Waals surface area contributed by atoms with E-state index in [9.17, 15) is 14.7 Å². The fourth-order valence-electron chi connectivity index (χ4n) is 3.07. The molecular weight excluding hydrogens is 260 g/mol. The van der Waals surface area contributed by atoms with Crippen LogP contribution in [0.2, 0.25) is 0 Å². The molecule has 1 saturated heterocycles. The average molecular weight is 284 g/mol. The number of aliphatic carboxylic acids is 1. The predicted octanol–water partition coefficient (Wildman–Crippen LogP) is 1.45. The molecule has 1 aliphatic carbocycles. The summed E-state index contributed by atoms with van der Waals surface area (Å²) in [5.74, 6) is -0.830. The Hall–Kier alpha value is -1.30. The topological polar surface area (TPSA) is 78.9 Å². The van der Waals surface area contributed by atoms with Crippen molar-refractivity contribution in [2.45, 2.75) is 58.2 Å². The van der Waals surface area contributed by atoms with Gasteiger partial charge in [0, 0.05) is 12.6 Å². The molecule has 2 aliphatic rings. The number of urea groups is 1. The van der Waals surface area contributed by atoms with E-state index in [1.54, 1.807) is 11.8 Å². The van der Waals surface area contributed by atoms with Gasteiger partial charge in [-0.3, -0.25) is 4.79 Å². The monoisotopic (exact) mass is 284 g/mol. The lowest BCUT2D eigenvalue weighted by atomic mass is 9.85. The number of amides is 2. The lowest BCUT2D eigenvalue weighted by Gasteiger charge is -2.38. The lowest BCUT2D eigenvalue weighted by Crippen LogP contribution is -2.57. The number of ether oxygens (including phenoxy) is 1. The van der Waals surface area contributed by atoms with Gasteiger partial charge < -0.3 is 20.1 Å². The highest BCUT2D eigenvalue weighted by Gasteiger charge is 2.46. The minimum atomic E-state index is -0.850. The molecule has 0 radical (unpaired) electrons. The Kier molecular flexibility index (Phi) is 4.22. The van der Waals surface area contributed by atoms with Crippen molar-refractivity contribution in [3.8, 4) is 0 Å². The average Bonchev–Trinajstić information content (AvgIpc) is 2.75. The molecule has 1 aliphatic heterocycles. The number of carboxylic acids is 1. The van der Waals surface area contributed by atoms with Crippen molar-refractivity contribution in [3.05, 3.63) is 0 Å². The number of nitrogens with zero attached hydrogens (tertiary/aromatic N) is 1. The number of nitrogens with one attached hydrogen (secondary N) is 1. The SMILES string of the molecule is CC1CN(C(=O)NC2CCCC2(C)C(=O)O)C(C)CO1. The second-order valence-corrected chi connectivity index (χ2v) is 6.26. The number of rotatable bonds is 2. The largest absolute Gasteiger partial charge is 0.481 e. The summed E-state index contributed by atoms with van der Waals surface area (Å²) >= 11 is 0. The van der Waals surface area contributed by atoms with E-state index in [2.05, 4.69) is 5.32 Å². The van der Waals surface area contributed by atoms with Crippen molar-refractivity contribution in [2.75, 3.05) is 13.2 Å². The summed E-state index contributed by atoms with van der Waals surface area (Å²) in [5, 5.41) is 12.3. The summed E-state index contributed by atoms with van der Waals surface area (Å²) in [7, 11) is 0. The first-order chi connectivity index (χ1) is 9.34. The molecule has 2 amide bonds. The second-order valence-electron chi connectivity index (χ2n) is 6.26. The molecule has 1 heterocycles. The van der Waals surface area contributed by atoms with E-state index in [0.717, 1.165) is 12.8 Å². The zero-order chi connectivity index (χ0) is 14.9. The van der Waals surface area contributed by atoms with Crippen LogP contribution in [0.25, 0.3) is 0 Å². The molecular formula is C14H24N2O4. The molecule has 4 unspecified atom stereocenters. The smallest absolute Gasteiger partial charge is 0.318 e. The molecule has 6 heteroatoms. The molecule has 0 aromatic heterocycles. The highest BCUT2D eigenvalue weighted by atomic mass is 16.5. The van der Waals surface area contributed by atoms with Crippen molar-refractivity contribution in [1.29, 1.82) is 0 Å². The molecule has 2 rings (SSSR count). The van der Waals surface area contributed by atoms with E-state index >= 15 is 0 Å². The van der Waals surface area contributed by atoms with E-state index < -0.39 is 11.4 Å². The molecule has 6 nitrogen and oxygen atoms in total. The van der Waals surface area contributed by atoms with Crippen LogP contribution in [0.15, 0.2) is 0 Å². The van der Waals surface area contributed by atoms with Gasteiger partial charge in [-0.25, -0.2) is 4.79 Å². The lowest BCUT2D eigenvalue weighted by molar-refractivity contribution is -0.148. The molecule has 0 aromatic rings. The first kappa shape index (κ1) is 15.1. The number of carboxylic acid groups (broad SMARTS) is 1. The van der Waals surface area contributed by atoms with Gasteiger partial charge in [0.1, 0.15) is 0 Å². The summed E-state index contributed by atoms with van der Waals surface area (Å²) in [4.78, 5) is 25.6. The van der Waals surface area contributed by atoms with E-state index in [1.807, 2.05) is 13.8 Å². The van der Waals surface area contributed by atoms with Crippen LogP contribution in [0.3, 0.4) is 0 Å². The molecule has 20 heavy (non-hydrogen) atoms. The maximum absolute atomic E-state index is 12.4. The fraction of sp³-hybridized carbons (Fsp3) is 0.857. The number of carbonyl (C=O) groups excluding carboxylic acids is 1. The standard InChI is InChI=1S/C14H24N2O4/c1-9-8-20-10(2)7-16(9)13(19)15-11-5-4-6-14(11,3)12(17)18/h9-11H,4-8H2,1-3H3,(H,15,19)(H,17,18). The van der Waals surface area contributed by atoms with Crippen LogP contribution in [0.5, 0.6) is 0 Å². The van der Waals surface area contributed by atoms with Crippen molar-refractivity contribution < 1.29 is 19.4 Å². The summed E-state index contributed by atoms with van der Waals surface area (Å²) in [5.41, 5.74) is -0.850. The number of hydrogen-bond donors (Lipinski definition) is 2. The Morgan fingerprint density at radius 2 is 2.10 bits per heavy atom. The Balaban J connectivity index is 2.02. The van der Waals surface area contributed by atoms with E-state index in [-0.39, 0.29) is 24.2 Å². The van der Waals surface area contributed by atoms with Gasteiger partial charge in [0.05, 0.1) is 24.2 Å². The maximum Gasteiger partial charge on any atom is 0.318 e. The number of carbonyl (C=O) groups is 2. The van der Waals surface area contributed by atoms with Crippen LogP contribution in [-0.2, 0) is 9.53 Å². The van der Waals surface area contributed by atoms with Gasteiger partial charge in [-0.15, -0.1) is 0 Å². The van der Waals surface area contributed by atoms with Gasteiger partial charge in [0.25, 0.3) is 0 Å². The van der Waals surface area contributed by atoms with Gasteiger partial charge in [-0.05, 0) is 33.6 Å². The normalized spacial score (nSPS) is 37.8. The molecule has 0 spiro atoms. The Morgan fingerprint density at radius 3 is 2.75 bits per heavy atom. The van der Waals surface area contributed by atoms with E-state index in [4.69, 9.17) is 4.74 Å². The van der Waals surface area contributed by atoms with Crippen molar-refractivity contribution in [1.82, 2.24) is 10.2 Å². The molecule has 0 bridgehead atoms. The zero-order valence-electron chi connectivity index (χ0n) is 12.4. The van der Waals surface area contributed by atoms with Gasteiger partial charge in [0.15, 0.2) is 0 Å². The Labute approximate surface area is 119 Å².